The Bertz CT molecular complexity index is 996. The lowest BCUT2D eigenvalue weighted by molar-refractivity contribution is -0.122. The zero-order chi connectivity index (χ0) is 19.7. The molecule has 146 valence electrons. The summed E-state index contributed by atoms with van der Waals surface area (Å²) < 4.78 is 5.43. The van der Waals surface area contributed by atoms with Crippen LogP contribution >= 0.6 is 11.3 Å². The summed E-state index contributed by atoms with van der Waals surface area (Å²) in [6.45, 7) is 7.16. The molecule has 1 amide bonds. The van der Waals surface area contributed by atoms with Crippen LogP contribution in [0.15, 0.2) is 28.9 Å². The van der Waals surface area contributed by atoms with E-state index in [0.717, 1.165) is 28.2 Å². The van der Waals surface area contributed by atoms with E-state index < -0.39 is 0 Å². The Balaban J connectivity index is 1.48. The van der Waals surface area contributed by atoms with Crippen molar-refractivity contribution < 1.29 is 9.32 Å². The topological polar surface area (TPSA) is 92.9 Å². The summed E-state index contributed by atoms with van der Waals surface area (Å²) in [6, 6.07) is 6.00. The molecule has 0 aliphatic heterocycles. The van der Waals surface area contributed by atoms with Crippen LogP contribution in [0.3, 0.4) is 0 Å². The summed E-state index contributed by atoms with van der Waals surface area (Å²) in [6.07, 6.45) is 2.75. The zero-order valence-corrected chi connectivity index (χ0v) is 17.0. The minimum absolute atomic E-state index is 0.140. The number of thiophene rings is 1. The molecule has 4 rings (SSSR count). The number of hydrogen-bond donors (Lipinski definition) is 2. The second-order valence-electron chi connectivity index (χ2n) is 7.24. The van der Waals surface area contributed by atoms with Gasteiger partial charge in [0.15, 0.2) is 5.76 Å². The Labute approximate surface area is 167 Å². The Hall–Kier alpha value is -2.74. The van der Waals surface area contributed by atoms with E-state index in [9.17, 15) is 4.79 Å². The van der Waals surface area contributed by atoms with Crippen LogP contribution in [-0.2, 0) is 4.79 Å². The molecule has 3 heterocycles. The maximum Gasteiger partial charge on any atom is 0.223 e. The first-order chi connectivity index (χ1) is 13.5. The van der Waals surface area contributed by atoms with Crippen molar-refractivity contribution in [2.24, 2.45) is 11.8 Å². The van der Waals surface area contributed by atoms with Gasteiger partial charge in [-0.3, -0.25) is 4.79 Å². The van der Waals surface area contributed by atoms with E-state index in [2.05, 4.69) is 46.8 Å². The summed E-state index contributed by atoms with van der Waals surface area (Å²) >= 11 is 1.67. The van der Waals surface area contributed by atoms with Gasteiger partial charge in [-0.1, -0.05) is 12.1 Å². The van der Waals surface area contributed by atoms with Crippen LogP contribution in [0.4, 0.5) is 5.95 Å². The van der Waals surface area contributed by atoms with Gasteiger partial charge in [0.1, 0.15) is 0 Å². The summed E-state index contributed by atoms with van der Waals surface area (Å²) in [7, 11) is 0. The molecule has 0 unspecified atom stereocenters. The largest absolute Gasteiger partial charge is 0.356 e. The standard InChI is InChI=1S/C20H23N5O2S/c1-11-8-14(11)19(26)21-6-7-22-20-23-10-15(16-9-12(2)25-27-16)18(24-20)17-5-4-13(3)28-17/h4-5,9-11,14H,6-8H2,1-3H3,(H,21,26)(H,22,23,24)/t11-,14-/m0/s1. The number of aromatic nitrogens is 3. The lowest BCUT2D eigenvalue weighted by Gasteiger charge is -2.09. The Morgan fingerprint density at radius 2 is 2.14 bits per heavy atom. The van der Waals surface area contributed by atoms with Crippen LogP contribution in [0.25, 0.3) is 21.9 Å². The highest BCUT2D eigenvalue weighted by molar-refractivity contribution is 7.15. The summed E-state index contributed by atoms with van der Waals surface area (Å²) in [5.74, 6) is 2.02. The number of anilines is 1. The molecule has 7 nitrogen and oxygen atoms in total. The van der Waals surface area contributed by atoms with Gasteiger partial charge in [0.25, 0.3) is 0 Å². The minimum Gasteiger partial charge on any atom is -0.356 e. The summed E-state index contributed by atoms with van der Waals surface area (Å²) in [5, 5.41) is 10.1. The van der Waals surface area contributed by atoms with Gasteiger partial charge in [-0.25, -0.2) is 9.97 Å². The Kier molecular flexibility index (Phi) is 5.13. The van der Waals surface area contributed by atoms with E-state index in [4.69, 9.17) is 9.51 Å². The second-order valence-corrected chi connectivity index (χ2v) is 8.52. The molecule has 1 aliphatic rings. The van der Waals surface area contributed by atoms with Gasteiger partial charge in [0, 0.05) is 36.1 Å². The van der Waals surface area contributed by atoms with Crippen molar-refractivity contribution in [3.8, 4) is 21.9 Å². The molecule has 3 aromatic heterocycles. The van der Waals surface area contributed by atoms with E-state index in [1.807, 2.05) is 13.0 Å². The van der Waals surface area contributed by atoms with Gasteiger partial charge < -0.3 is 15.2 Å². The predicted molar refractivity (Wildman–Crippen MR) is 109 cm³/mol. The normalized spacial score (nSPS) is 18.1. The number of amides is 1. The highest BCUT2D eigenvalue weighted by Crippen LogP contribution is 2.37. The average Bonchev–Trinajstić information content (AvgIpc) is 3.03. The number of rotatable bonds is 7. The molecular weight excluding hydrogens is 374 g/mol. The molecule has 0 saturated heterocycles. The lowest BCUT2D eigenvalue weighted by atomic mass is 10.1. The quantitative estimate of drug-likeness (QED) is 0.591. The van der Waals surface area contributed by atoms with E-state index in [1.165, 1.54) is 4.88 Å². The van der Waals surface area contributed by atoms with Gasteiger partial charge in [-0.05, 0) is 38.3 Å². The predicted octanol–water partition coefficient (Wildman–Crippen LogP) is 3.66. The van der Waals surface area contributed by atoms with Crippen molar-refractivity contribution in [1.29, 1.82) is 0 Å². The van der Waals surface area contributed by atoms with Crippen molar-refractivity contribution in [3.05, 3.63) is 35.0 Å². The highest BCUT2D eigenvalue weighted by atomic mass is 32.1. The number of nitrogens with one attached hydrogen (secondary N) is 2. The molecular formula is C20H23N5O2S. The molecule has 1 fully saturated rings. The fourth-order valence-electron chi connectivity index (χ4n) is 3.07. The molecule has 3 aromatic rings. The number of nitrogens with zero attached hydrogens (tertiary/aromatic N) is 3. The van der Waals surface area contributed by atoms with Crippen molar-refractivity contribution in [2.75, 3.05) is 18.4 Å². The third-order valence-corrected chi connectivity index (χ3v) is 5.82. The van der Waals surface area contributed by atoms with Gasteiger partial charge in [-0.2, -0.15) is 0 Å². The monoisotopic (exact) mass is 397 g/mol. The van der Waals surface area contributed by atoms with Crippen molar-refractivity contribution in [2.45, 2.75) is 27.2 Å². The van der Waals surface area contributed by atoms with Crippen molar-refractivity contribution in [3.63, 3.8) is 0 Å². The van der Waals surface area contributed by atoms with Crippen LogP contribution in [0, 0.1) is 25.7 Å². The number of carbonyl (C=O) groups excluding carboxylic acids is 1. The third-order valence-electron chi connectivity index (χ3n) is 4.81. The highest BCUT2D eigenvalue weighted by Gasteiger charge is 2.38. The van der Waals surface area contributed by atoms with Gasteiger partial charge in [0.2, 0.25) is 11.9 Å². The molecule has 28 heavy (non-hydrogen) atoms. The van der Waals surface area contributed by atoms with E-state index in [1.54, 1.807) is 17.5 Å². The molecule has 1 saturated carbocycles. The molecule has 1 aliphatic carbocycles. The third kappa shape index (κ3) is 4.06. The maximum absolute atomic E-state index is 11.9. The minimum atomic E-state index is 0.140. The van der Waals surface area contributed by atoms with Crippen molar-refractivity contribution >= 4 is 23.2 Å². The first kappa shape index (κ1) is 18.6. The second kappa shape index (κ2) is 7.71. The van der Waals surface area contributed by atoms with Crippen LogP contribution < -0.4 is 10.6 Å². The number of carbonyl (C=O) groups is 1. The molecule has 2 N–H and O–H groups in total. The molecule has 2 atom stereocenters. The summed E-state index contributed by atoms with van der Waals surface area (Å²) in [5.41, 5.74) is 2.43. The fourth-order valence-corrected chi connectivity index (χ4v) is 3.94. The molecule has 0 spiro atoms. The number of hydrogen-bond acceptors (Lipinski definition) is 7. The summed E-state index contributed by atoms with van der Waals surface area (Å²) in [4.78, 5) is 23.3. The fraction of sp³-hybridized carbons (Fsp3) is 0.400. The number of aryl methyl sites for hydroxylation is 2. The van der Waals surface area contributed by atoms with Crippen LogP contribution in [0.1, 0.15) is 23.9 Å². The zero-order valence-electron chi connectivity index (χ0n) is 16.2. The van der Waals surface area contributed by atoms with Crippen LogP contribution in [-0.4, -0.2) is 34.1 Å². The molecule has 0 radical (unpaired) electrons. The lowest BCUT2D eigenvalue weighted by Crippen LogP contribution is -2.30. The van der Waals surface area contributed by atoms with E-state index >= 15 is 0 Å². The first-order valence-electron chi connectivity index (χ1n) is 9.40. The van der Waals surface area contributed by atoms with E-state index in [0.29, 0.717) is 30.7 Å². The average molecular weight is 398 g/mol. The Morgan fingerprint density at radius 1 is 1.32 bits per heavy atom. The molecule has 0 aromatic carbocycles. The SMILES string of the molecule is Cc1cc(-c2cnc(NCCNC(=O)[C@H]3C[C@@H]3C)nc2-c2ccc(C)s2)on1. The Morgan fingerprint density at radius 3 is 2.79 bits per heavy atom. The smallest absolute Gasteiger partial charge is 0.223 e. The van der Waals surface area contributed by atoms with E-state index in [-0.39, 0.29) is 11.8 Å². The maximum atomic E-state index is 11.9. The molecule has 8 heteroatoms. The van der Waals surface area contributed by atoms with Crippen LogP contribution in [0.2, 0.25) is 0 Å². The van der Waals surface area contributed by atoms with Gasteiger partial charge in [-0.15, -0.1) is 11.3 Å². The first-order valence-corrected chi connectivity index (χ1v) is 10.2. The molecule has 0 bridgehead atoms. The van der Waals surface area contributed by atoms with Crippen LogP contribution in [0.5, 0.6) is 0 Å². The van der Waals surface area contributed by atoms with Gasteiger partial charge >= 0.3 is 0 Å². The van der Waals surface area contributed by atoms with Crippen molar-refractivity contribution in [1.82, 2.24) is 20.4 Å². The van der Waals surface area contributed by atoms with Gasteiger partial charge in [0.05, 0.1) is 21.8 Å².